The summed E-state index contributed by atoms with van der Waals surface area (Å²) in [5.74, 6) is 0.853. The van der Waals surface area contributed by atoms with Gasteiger partial charge < -0.3 is 10.2 Å². The lowest BCUT2D eigenvalue weighted by atomic mass is 9.97. The van der Waals surface area contributed by atoms with E-state index in [-0.39, 0.29) is 0 Å². The second-order valence-electron chi connectivity index (χ2n) is 7.86. The number of hydrogen-bond donors (Lipinski definition) is 2. The van der Waals surface area contributed by atoms with E-state index in [0.717, 1.165) is 59.1 Å². The molecule has 0 saturated carbocycles. The lowest BCUT2D eigenvalue weighted by Gasteiger charge is -2.10. The van der Waals surface area contributed by atoms with Gasteiger partial charge in [-0.25, -0.2) is 0 Å². The summed E-state index contributed by atoms with van der Waals surface area (Å²) in [5, 5.41) is 20.3. The van der Waals surface area contributed by atoms with Gasteiger partial charge in [0.2, 0.25) is 0 Å². The average Bonchev–Trinajstić information content (AvgIpc) is 2.84. The smallest absolute Gasteiger partial charge is 0.131 e. The molecule has 0 amide bonds. The van der Waals surface area contributed by atoms with E-state index < -0.39 is 0 Å². The SMILES string of the molecule is CCCc1cccc(CCC)c1O.Oc1c(-c2ccccc2)cccc1-c1ccccc1. The van der Waals surface area contributed by atoms with Crippen LogP contribution in [-0.2, 0) is 12.8 Å². The first-order chi connectivity index (χ1) is 15.7. The second kappa shape index (κ2) is 11.8. The molecule has 4 rings (SSSR count). The fourth-order valence-corrected chi connectivity index (χ4v) is 3.83. The summed E-state index contributed by atoms with van der Waals surface area (Å²) < 4.78 is 0. The molecule has 2 nitrogen and oxygen atoms in total. The van der Waals surface area contributed by atoms with E-state index >= 15 is 0 Å². The van der Waals surface area contributed by atoms with Crippen LogP contribution >= 0.6 is 0 Å². The number of phenols is 2. The normalized spacial score (nSPS) is 10.3. The van der Waals surface area contributed by atoms with Crippen LogP contribution in [0.2, 0.25) is 0 Å². The molecular formula is C30H32O2. The highest BCUT2D eigenvalue weighted by Gasteiger charge is 2.09. The molecule has 0 saturated heterocycles. The minimum Gasteiger partial charge on any atom is -0.507 e. The molecule has 0 aromatic heterocycles. The van der Waals surface area contributed by atoms with Crippen LogP contribution < -0.4 is 0 Å². The Morgan fingerprint density at radius 1 is 0.469 bits per heavy atom. The number of aryl methyl sites for hydroxylation is 2. The Morgan fingerprint density at radius 2 is 0.875 bits per heavy atom. The van der Waals surface area contributed by atoms with Crippen LogP contribution in [0.5, 0.6) is 11.5 Å². The van der Waals surface area contributed by atoms with Gasteiger partial charge in [0.15, 0.2) is 0 Å². The molecule has 164 valence electrons. The van der Waals surface area contributed by atoms with Crippen LogP contribution in [-0.4, -0.2) is 10.2 Å². The van der Waals surface area contributed by atoms with Crippen molar-refractivity contribution in [3.63, 3.8) is 0 Å². The van der Waals surface area contributed by atoms with Crippen LogP contribution in [0.4, 0.5) is 0 Å². The molecule has 0 aliphatic carbocycles. The van der Waals surface area contributed by atoms with E-state index in [4.69, 9.17) is 0 Å². The highest BCUT2D eigenvalue weighted by molar-refractivity contribution is 5.81. The third-order valence-electron chi connectivity index (χ3n) is 5.45. The Morgan fingerprint density at radius 3 is 1.28 bits per heavy atom. The highest BCUT2D eigenvalue weighted by Crippen LogP contribution is 2.37. The lowest BCUT2D eigenvalue weighted by molar-refractivity contribution is 0.460. The van der Waals surface area contributed by atoms with E-state index in [0.29, 0.717) is 11.5 Å². The minimum absolute atomic E-state index is 0.333. The number of benzene rings is 4. The van der Waals surface area contributed by atoms with Gasteiger partial charge in [-0.1, -0.05) is 124 Å². The quantitative estimate of drug-likeness (QED) is 0.329. The topological polar surface area (TPSA) is 40.5 Å². The Bertz CT molecular complexity index is 1020. The maximum absolute atomic E-state index is 10.5. The number of rotatable bonds is 6. The summed E-state index contributed by atoms with van der Waals surface area (Å²) in [7, 11) is 0. The number of phenolic OH excluding ortho intramolecular Hbond substituents is 2. The summed E-state index contributed by atoms with van der Waals surface area (Å²) >= 11 is 0. The van der Waals surface area contributed by atoms with Crippen LogP contribution in [0.1, 0.15) is 37.8 Å². The Kier molecular flexibility index (Phi) is 8.51. The molecule has 0 radical (unpaired) electrons. The Hall–Kier alpha value is -3.52. The predicted molar refractivity (Wildman–Crippen MR) is 135 cm³/mol. The molecule has 0 aliphatic heterocycles. The first-order valence-electron chi connectivity index (χ1n) is 11.4. The Balaban J connectivity index is 0.000000195. The van der Waals surface area contributed by atoms with Crippen molar-refractivity contribution in [3.8, 4) is 33.8 Å². The third-order valence-corrected chi connectivity index (χ3v) is 5.45. The van der Waals surface area contributed by atoms with Crippen molar-refractivity contribution in [1.29, 1.82) is 0 Å². The molecule has 4 aromatic carbocycles. The zero-order valence-corrected chi connectivity index (χ0v) is 19.0. The van der Waals surface area contributed by atoms with Gasteiger partial charge in [-0.05, 0) is 35.1 Å². The van der Waals surface area contributed by atoms with E-state index in [2.05, 4.69) is 13.8 Å². The van der Waals surface area contributed by atoms with Crippen molar-refractivity contribution in [2.45, 2.75) is 39.5 Å². The van der Waals surface area contributed by atoms with Crippen molar-refractivity contribution in [2.75, 3.05) is 0 Å². The van der Waals surface area contributed by atoms with E-state index in [1.165, 1.54) is 0 Å². The lowest BCUT2D eigenvalue weighted by Crippen LogP contribution is -1.90. The molecule has 0 aliphatic rings. The fraction of sp³-hybridized carbons (Fsp3) is 0.200. The van der Waals surface area contributed by atoms with Crippen LogP contribution in [0, 0.1) is 0 Å². The largest absolute Gasteiger partial charge is 0.507 e. The fourth-order valence-electron chi connectivity index (χ4n) is 3.83. The van der Waals surface area contributed by atoms with E-state index in [1.807, 2.05) is 97.1 Å². The van der Waals surface area contributed by atoms with Gasteiger partial charge >= 0.3 is 0 Å². The van der Waals surface area contributed by atoms with Gasteiger partial charge in [-0.15, -0.1) is 0 Å². The van der Waals surface area contributed by atoms with Gasteiger partial charge in [0.25, 0.3) is 0 Å². The number of para-hydroxylation sites is 2. The van der Waals surface area contributed by atoms with Crippen molar-refractivity contribution < 1.29 is 10.2 Å². The summed E-state index contributed by atoms with van der Waals surface area (Å²) in [4.78, 5) is 0. The van der Waals surface area contributed by atoms with Gasteiger partial charge in [-0.3, -0.25) is 0 Å². The molecule has 32 heavy (non-hydrogen) atoms. The summed E-state index contributed by atoms with van der Waals surface area (Å²) in [6, 6.07) is 31.8. The summed E-state index contributed by atoms with van der Waals surface area (Å²) in [6.45, 7) is 4.26. The van der Waals surface area contributed by atoms with Crippen molar-refractivity contribution in [3.05, 3.63) is 108 Å². The van der Waals surface area contributed by atoms with Crippen molar-refractivity contribution in [2.24, 2.45) is 0 Å². The second-order valence-corrected chi connectivity index (χ2v) is 7.86. The first kappa shape index (κ1) is 23.1. The molecule has 0 unspecified atom stereocenters. The maximum Gasteiger partial charge on any atom is 0.131 e. The van der Waals surface area contributed by atoms with Crippen LogP contribution in [0.15, 0.2) is 97.1 Å². The molecule has 4 aromatic rings. The van der Waals surface area contributed by atoms with Gasteiger partial charge in [-0.2, -0.15) is 0 Å². The predicted octanol–water partition coefficient (Wildman–Crippen LogP) is 8.02. The average molecular weight is 425 g/mol. The highest BCUT2D eigenvalue weighted by atomic mass is 16.3. The first-order valence-corrected chi connectivity index (χ1v) is 11.4. The summed E-state index contributed by atoms with van der Waals surface area (Å²) in [5.41, 5.74) is 5.96. The van der Waals surface area contributed by atoms with Crippen molar-refractivity contribution in [1.82, 2.24) is 0 Å². The van der Waals surface area contributed by atoms with E-state index in [9.17, 15) is 10.2 Å². The van der Waals surface area contributed by atoms with Gasteiger partial charge in [0.05, 0.1) is 0 Å². The molecule has 0 spiro atoms. The van der Waals surface area contributed by atoms with Crippen LogP contribution in [0.25, 0.3) is 22.3 Å². The number of hydrogen-bond acceptors (Lipinski definition) is 2. The minimum atomic E-state index is 0.333. The molecule has 2 N–H and O–H groups in total. The molecule has 0 fully saturated rings. The monoisotopic (exact) mass is 424 g/mol. The standard InChI is InChI=1S/C18H14O.C12H18O/c19-18-16(14-8-3-1-4-9-14)12-7-13-17(18)15-10-5-2-6-11-15;1-3-6-10-8-5-9-11(7-4-2)12(10)13/h1-13,19H;5,8-9,13H,3-4,6-7H2,1-2H3. The Labute approximate surface area is 191 Å². The number of aromatic hydroxyl groups is 2. The van der Waals surface area contributed by atoms with Gasteiger partial charge in [0, 0.05) is 11.1 Å². The van der Waals surface area contributed by atoms with Gasteiger partial charge in [0.1, 0.15) is 11.5 Å². The maximum atomic E-state index is 10.5. The molecule has 0 atom stereocenters. The zero-order valence-electron chi connectivity index (χ0n) is 19.0. The molecule has 0 bridgehead atoms. The molecular weight excluding hydrogens is 392 g/mol. The van der Waals surface area contributed by atoms with Crippen molar-refractivity contribution >= 4 is 0 Å². The third kappa shape index (κ3) is 5.79. The summed E-state index contributed by atoms with van der Waals surface area (Å²) in [6.07, 6.45) is 4.12. The van der Waals surface area contributed by atoms with Crippen LogP contribution in [0.3, 0.4) is 0 Å². The zero-order chi connectivity index (χ0) is 22.8. The van der Waals surface area contributed by atoms with E-state index in [1.54, 1.807) is 0 Å². The molecule has 2 heteroatoms. The molecule has 0 heterocycles.